The average molecular weight is 453 g/mol. The molecule has 2 N–H and O–H groups in total. The Bertz CT molecular complexity index is 1280. The van der Waals surface area contributed by atoms with Crippen molar-refractivity contribution in [2.75, 3.05) is 0 Å². The predicted molar refractivity (Wildman–Crippen MR) is 143 cm³/mol. The second-order valence-electron chi connectivity index (χ2n) is 11.5. The second-order valence-corrected chi connectivity index (χ2v) is 11.5. The lowest BCUT2D eigenvalue weighted by Crippen LogP contribution is -2.18. The molecule has 0 fully saturated rings. The topological polar surface area (TPSA) is 40.5 Å². The van der Waals surface area contributed by atoms with Crippen molar-refractivity contribution in [1.82, 2.24) is 0 Å². The maximum atomic E-state index is 11.1. The van der Waals surface area contributed by atoms with Crippen molar-refractivity contribution in [3.05, 3.63) is 106 Å². The molecule has 0 aliphatic carbocycles. The zero-order valence-electron chi connectivity index (χ0n) is 21.2. The lowest BCUT2D eigenvalue weighted by molar-refractivity contribution is 0.423. The average Bonchev–Trinajstić information content (AvgIpc) is 2.77. The maximum Gasteiger partial charge on any atom is 0.126 e. The molecule has 0 aromatic heterocycles. The summed E-state index contributed by atoms with van der Waals surface area (Å²) in [5, 5.41) is 24.2. The molecule has 0 bridgehead atoms. The molecule has 4 aromatic rings. The van der Waals surface area contributed by atoms with Gasteiger partial charge in [0, 0.05) is 11.8 Å². The number of benzene rings is 4. The number of hydrogen-bond donors (Lipinski definition) is 2. The third kappa shape index (κ3) is 4.82. The van der Waals surface area contributed by atoms with Gasteiger partial charge in [-0.2, -0.15) is 0 Å². The number of phenols is 2. The summed E-state index contributed by atoms with van der Waals surface area (Å²) in [6, 6.07) is 24.8. The Morgan fingerprint density at radius 2 is 1.03 bits per heavy atom. The van der Waals surface area contributed by atoms with E-state index in [2.05, 4.69) is 77.9 Å². The van der Waals surface area contributed by atoms with E-state index in [-0.39, 0.29) is 10.8 Å². The zero-order chi connectivity index (χ0) is 24.7. The first-order chi connectivity index (χ1) is 15.9. The molecule has 0 saturated carbocycles. The number of hydrogen-bond acceptors (Lipinski definition) is 2. The molecule has 34 heavy (non-hydrogen) atoms. The van der Waals surface area contributed by atoms with E-state index < -0.39 is 0 Å². The third-order valence-electron chi connectivity index (χ3n) is 6.60. The largest absolute Gasteiger partial charge is 0.507 e. The first-order valence-corrected chi connectivity index (χ1v) is 12.1. The van der Waals surface area contributed by atoms with Crippen LogP contribution in [0.5, 0.6) is 11.5 Å². The third-order valence-corrected chi connectivity index (χ3v) is 6.60. The second kappa shape index (κ2) is 8.83. The van der Waals surface area contributed by atoms with Gasteiger partial charge in [0.25, 0.3) is 0 Å². The molecular formula is C32H36O2. The Kier molecular flexibility index (Phi) is 6.20. The van der Waals surface area contributed by atoms with Gasteiger partial charge in [0.15, 0.2) is 0 Å². The van der Waals surface area contributed by atoms with E-state index in [0.29, 0.717) is 17.9 Å². The first kappa shape index (κ1) is 23.9. The number of rotatable bonds is 4. The van der Waals surface area contributed by atoms with Crippen LogP contribution < -0.4 is 0 Å². The number of fused-ring (bicyclic) bond motifs is 1. The Morgan fingerprint density at radius 1 is 0.529 bits per heavy atom. The molecule has 0 radical (unpaired) electrons. The van der Waals surface area contributed by atoms with Crippen molar-refractivity contribution < 1.29 is 10.2 Å². The summed E-state index contributed by atoms with van der Waals surface area (Å²) in [6.45, 7) is 12.9. The van der Waals surface area contributed by atoms with Crippen LogP contribution in [0.3, 0.4) is 0 Å². The van der Waals surface area contributed by atoms with Crippen molar-refractivity contribution in [3.8, 4) is 11.5 Å². The van der Waals surface area contributed by atoms with Gasteiger partial charge in [-0.15, -0.1) is 0 Å². The summed E-state index contributed by atoms with van der Waals surface area (Å²) >= 11 is 0. The van der Waals surface area contributed by atoms with E-state index in [1.54, 1.807) is 0 Å². The Balaban J connectivity index is 1.87. The van der Waals surface area contributed by atoms with Crippen molar-refractivity contribution in [3.63, 3.8) is 0 Å². The molecular weight excluding hydrogens is 416 g/mol. The minimum absolute atomic E-state index is 0.171. The molecule has 0 unspecified atom stereocenters. The highest BCUT2D eigenvalue weighted by Gasteiger charge is 2.26. The summed E-state index contributed by atoms with van der Waals surface area (Å²) in [4.78, 5) is 0. The molecule has 2 nitrogen and oxygen atoms in total. The van der Waals surface area contributed by atoms with Gasteiger partial charge in [0.2, 0.25) is 0 Å². The summed E-state index contributed by atoms with van der Waals surface area (Å²) in [5.74, 6) is 0.767. The fourth-order valence-corrected chi connectivity index (χ4v) is 4.76. The van der Waals surface area contributed by atoms with E-state index in [9.17, 15) is 10.2 Å². The van der Waals surface area contributed by atoms with Gasteiger partial charge in [0.05, 0.1) is 0 Å². The SMILES string of the molecule is CC(C)(C)c1cc(Cc2cc(Cc3ccccc3)c(O)c3ccccc23)cc(C(C)(C)C)c1O. The summed E-state index contributed by atoms with van der Waals surface area (Å²) in [5.41, 5.74) is 6.08. The highest BCUT2D eigenvalue weighted by atomic mass is 16.3. The van der Waals surface area contributed by atoms with E-state index in [1.807, 2.05) is 36.4 Å². The fraction of sp³-hybridized carbons (Fsp3) is 0.312. The molecule has 176 valence electrons. The number of phenolic OH excluding ortho intramolecular Hbond substituents is 2. The standard InChI is InChI=1S/C32H36O2/c1-31(2,3)27-18-22(19-28(30(27)34)32(4,5)6)17-23-20-24(16-21-12-8-7-9-13-21)29(33)26-15-11-10-14-25(23)26/h7-15,18-20,33-34H,16-17H2,1-6H3. The fourth-order valence-electron chi connectivity index (χ4n) is 4.76. The van der Waals surface area contributed by atoms with Gasteiger partial charge in [0.1, 0.15) is 11.5 Å². The summed E-state index contributed by atoms with van der Waals surface area (Å²) in [7, 11) is 0. The van der Waals surface area contributed by atoms with E-state index in [1.165, 1.54) is 16.7 Å². The van der Waals surface area contributed by atoms with Crippen LogP contribution in [0.25, 0.3) is 10.8 Å². The van der Waals surface area contributed by atoms with Crippen LogP contribution in [-0.4, -0.2) is 10.2 Å². The lowest BCUT2D eigenvalue weighted by atomic mass is 9.77. The highest BCUT2D eigenvalue weighted by Crippen LogP contribution is 2.41. The summed E-state index contributed by atoms with van der Waals surface area (Å²) < 4.78 is 0. The van der Waals surface area contributed by atoms with Crippen molar-refractivity contribution in [2.45, 2.75) is 65.2 Å². The maximum absolute atomic E-state index is 11.1. The van der Waals surface area contributed by atoms with Gasteiger partial charge >= 0.3 is 0 Å². The Morgan fingerprint density at radius 3 is 1.59 bits per heavy atom. The smallest absolute Gasteiger partial charge is 0.126 e. The summed E-state index contributed by atoms with van der Waals surface area (Å²) in [6.07, 6.45) is 1.41. The molecule has 0 heterocycles. The predicted octanol–water partition coefficient (Wildman–Crippen LogP) is 8.03. The van der Waals surface area contributed by atoms with E-state index >= 15 is 0 Å². The molecule has 4 rings (SSSR count). The molecule has 0 saturated heterocycles. The van der Waals surface area contributed by atoms with Crippen LogP contribution in [-0.2, 0) is 23.7 Å². The Labute approximate surface area is 203 Å². The molecule has 0 aliphatic heterocycles. The molecule has 0 atom stereocenters. The minimum Gasteiger partial charge on any atom is -0.507 e. The van der Waals surface area contributed by atoms with Crippen LogP contribution in [0.1, 0.15) is 74.9 Å². The van der Waals surface area contributed by atoms with Crippen LogP contribution in [0, 0.1) is 0 Å². The van der Waals surface area contributed by atoms with Gasteiger partial charge in [-0.25, -0.2) is 0 Å². The Hall–Kier alpha value is -3.26. The van der Waals surface area contributed by atoms with Crippen LogP contribution in [0.2, 0.25) is 0 Å². The molecule has 0 spiro atoms. The van der Waals surface area contributed by atoms with Crippen molar-refractivity contribution >= 4 is 10.8 Å². The molecule has 4 aromatic carbocycles. The van der Waals surface area contributed by atoms with Gasteiger partial charge in [-0.3, -0.25) is 0 Å². The van der Waals surface area contributed by atoms with Crippen LogP contribution in [0.15, 0.2) is 72.8 Å². The van der Waals surface area contributed by atoms with Crippen LogP contribution in [0.4, 0.5) is 0 Å². The molecule has 0 aliphatic rings. The molecule has 2 heteroatoms. The normalized spacial score (nSPS) is 12.3. The first-order valence-electron chi connectivity index (χ1n) is 12.1. The van der Waals surface area contributed by atoms with Crippen molar-refractivity contribution in [2.24, 2.45) is 0 Å². The van der Waals surface area contributed by atoms with Gasteiger partial charge in [-0.1, -0.05) is 114 Å². The van der Waals surface area contributed by atoms with Crippen molar-refractivity contribution in [1.29, 1.82) is 0 Å². The monoisotopic (exact) mass is 452 g/mol. The number of aromatic hydroxyl groups is 2. The van der Waals surface area contributed by atoms with Gasteiger partial charge < -0.3 is 10.2 Å². The quantitative estimate of drug-likeness (QED) is 0.329. The van der Waals surface area contributed by atoms with Crippen LogP contribution >= 0.6 is 0 Å². The lowest BCUT2D eigenvalue weighted by Gasteiger charge is -2.28. The highest BCUT2D eigenvalue weighted by molar-refractivity contribution is 5.92. The van der Waals surface area contributed by atoms with E-state index in [0.717, 1.165) is 33.9 Å². The van der Waals surface area contributed by atoms with E-state index in [4.69, 9.17) is 0 Å². The molecule has 0 amide bonds. The van der Waals surface area contributed by atoms with Gasteiger partial charge in [-0.05, 0) is 56.0 Å². The minimum atomic E-state index is -0.171. The zero-order valence-corrected chi connectivity index (χ0v) is 21.2.